The zero-order chi connectivity index (χ0) is 43.8. The number of hydrogen-bond acceptors (Lipinski definition) is 7. The van der Waals surface area contributed by atoms with Crippen molar-refractivity contribution in [3.05, 3.63) is 48.6 Å². The van der Waals surface area contributed by atoms with E-state index in [-0.39, 0.29) is 44.4 Å². The minimum atomic E-state index is -4.19. The van der Waals surface area contributed by atoms with E-state index < -0.39 is 83.1 Å². The molecule has 1 saturated heterocycles. The number of unbranched alkanes of at least 4 members (excludes halogenated alkanes) is 5. The summed E-state index contributed by atoms with van der Waals surface area (Å²) in [5, 5.41) is 10.7. The van der Waals surface area contributed by atoms with E-state index in [0.717, 1.165) is 5.56 Å². The Morgan fingerprint density at radius 1 is 0.845 bits per heavy atom. The molecular weight excluding hydrogens is 755 g/mol. The highest BCUT2D eigenvalue weighted by molar-refractivity contribution is 6.38. The number of amides is 5. The second-order valence-electron chi connectivity index (χ2n) is 17.7. The van der Waals surface area contributed by atoms with Crippen molar-refractivity contribution in [2.45, 2.75) is 150 Å². The molecule has 326 valence electrons. The van der Waals surface area contributed by atoms with Gasteiger partial charge in [-0.15, -0.1) is 6.58 Å². The molecule has 5 atom stereocenters. The molecule has 12 nitrogen and oxygen atoms in total. The van der Waals surface area contributed by atoms with Crippen LogP contribution in [0.5, 0.6) is 0 Å². The minimum Gasteiger partial charge on any atom is -0.459 e. The van der Waals surface area contributed by atoms with Gasteiger partial charge in [0.1, 0.15) is 24.7 Å². The summed E-state index contributed by atoms with van der Waals surface area (Å²) in [7, 11) is 0. The standard InChI is InChI=1S/C43H66F3N5O7/c1-10-25-47-37(54)33(52)31(22-18-13-11-12-14-19-24-43(44,45)46)48-36(53)32-30(28(2)3)23-26-51(32)38(55)34(41(4,5)6)49-40(57)50-35(42(7,8)9)39(56)58-27-29-20-16-15-17-21-29/h10,15-17,20-21,28,30-32,34-35H,1,11-14,18-19,22-27H2,2-9H3,(H,47,54)(H,48,53)(H2,49,50,57)/t30-,31?,32+,34-,35-/m1/s1. The van der Waals surface area contributed by atoms with Crippen LogP contribution in [0, 0.1) is 22.7 Å². The topological polar surface area (TPSA) is 163 Å². The molecule has 0 radical (unpaired) electrons. The third-order valence-electron chi connectivity index (χ3n) is 10.3. The third-order valence-corrected chi connectivity index (χ3v) is 10.3. The Hall–Kier alpha value is -4.43. The molecular formula is C43H66F3N5O7. The molecule has 1 aromatic carbocycles. The van der Waals surface area contributed by atoms with Crippen LogP contribution in [0.4, 0.5) is 18.0 Å². The summed E-state index contributed by atoms with van der Waals surface area (Å²) in [6.07, 6.45) is -0.401. The number of nitrogens with one attached hydrogen (secondary N) is 4. The van der Waals surface area contributed by atoms with Gasteiger partial charge in [0.2, 0.25) is 17.6 Å². The largest absolute Gasteiger partial charge is 0.459 e. The molecule has 0 spiro atoms. The number of ketones is 1. The number of halogens is 3. The Balaban J connectivity index is 2.27. The predicted octanol–water partition coefficient (Wildman–Crippen LogP) is 6.77. The van der Waals surface area contributed by atoms with E-state index in [1.807, 2.05) is 44.2 Å². The highest BCUT2D eigenvalue weighted by Crippen LogP contribution is 2.34. The van der Waals surface area contributed by atoms with Gasteiger partial charge in [0, 0.05) is 19.5 Å². The number of Topliss-reactive ketones (excluding diaryl/α,β-unsaturated/α-hetero) is 1. The van der Waals surface area contributed by atoms with Gasteiger partial charge in [-0.25, -0.2) is 9.59 Å². The lowest BCUT2D eigenvalue weighted by atomic mass is 9.84. The number of hydrogen-bond donors (Lipinski definition) is 4. The van der Waals surface area contributed by atoms with Crippen LogP contribution >= 0.6 is 0 Å². The zero-order valence-corrected chi connectivity index (χ0v) is 35.6. The summed E-state index contributed by atoms with van der Waals surface area (Å²) >= 11 is 0. The Morgan fingerprint density at radius 3 is 1.97 bits per heavy atom. The van der Waals surface area contributed by atoms with Gasteiger partial charge in [0.15, 0.2) is 0 Å². The van der Waals surface area contributed by atoms with Gasteiger partial charge >= 0.3 is 18.2 Å². The monoisotopic (exact) mass is 821 g/mol. The number of nitrogens with zero attached hydrogens (tertiary/aromatic N) is 1. The van der Waals surface area contributed by atoms with E-state index in [1.165, 1.54) is 11.0 Å². The van der Waals surface area contributed by atoms with E-state index >= 15 is 0 Å². The molecule has 2 rings (SSSR count). The van der Waals surface area contributed by atoms with Gasteiger partial charge in [0.25, 0.3) is 5.91 Å². The van der Waals surface area contributed by atoms with E-state index in [0.29, 0.717) is 38.5 Å². The maximum absolute atomic E-state index is 14.5. The number of carbonyl (C=O) groups excluding carboxylic acids is 6. The van der Waals surface area contributed by atoms with Crippen LogP contribution in [0.25, 0.3) is 0 Å². The molecule has 0 aliphatic carbocycles. The maximum Gasteiger partial charge on any atom is 0.389 e. The van der Waals surface area contributed by atoms with Crippen LogP contribution in [0.1, 0.15) is 119 Å². The highest BCUT2D eigenvalue weighted by Gasteiger charge is 2.48. The Kier molecular flexibility index (Phi) is 19.4. The summed E-state index contributed by atoms with van der Waals surface area (Å²) in [5.41, 5.74) is -0.842. The summed E-state index contributed by atoms with van der Waals surface area (Å²) in [4.78, 5) is 83.2. The number of rotatable bonds is 21. The Labute approximate surface area is 342 Å². The minimum absolute atomic E-state index is 0.00832. The number of esters is 1. The highest BCUT2D eigenvalue weighted by atomic mass is 19.4. The van der Waals surface area contributed by atoms with Crippen molar-refractivity contribution in [1.29, 1.82) is 0 Å². The zero-order valence-electron chi connectivity index (χ0n) is 35.6. The van der Waals surface area contributed by atoms with Crippen molar-refractivity contribution in [2.75, 3.05) is 13.1 Å². The number of alkyl halides is 3. The molecule has 0 aromatic heterocycles. The predicted molar refractivity (Wildman–Crippen MR) is 216 cm³/mol. The Morgan fingerprint density at radius 2 is 1.41 bits per heavy atom. The van der Waals surface area contributed by atoms with Crippen LogP contribution in [0.2, 0.25) is 0 Å². The number of likely N-dealkylation sites (tertiary alicyclic amines) is 1. The molecule has 1 fully saturated rings. The summed E-state index contributed by atoms with van der Waals surface area (Å²) in [6.45, 7) is 18.3. The molecule has 1 unspecified atom stereocenters. The molecule has 15 heteroatoms. The van der Waals surface area contributed by atoms with Gasteiger partial charge in [-0.2, -0.15) is 13.2 Å². The first-order valence-electron chi connectivity index (χ1n) is 20.4. The van der Waals surface area contributed by atoms with E-state index in [1.54, 1.807) is 41.5 Å². The van der Waals surface area contributed by atoms with Crippen LogP contribution in [-0.4, -0.2) is 83.8 Å². The van der Waals surface area contributed by atoms with Crippen molar-refractivity contribution in [1.82, 2.24) is 26.2 Å². The quantitative estimate of drug-likeness (QED) is 0.0461. The lowest BCUT2D eigenvalue weighted by Crippen LogP contribution is -2.62. The second-order valence-corrected chi connectivity index (χ2v) is 17.7. The van der Waals surface area contributed by atoms with E-state index in [2.05, 4.69) is 27.8 Å². The van der Waals surface area contributed by atoms with Gasteiger partial charge in [0.05, 0.1) is 6.04 Å². The maximum atomic E-state index is 14.5. The molecule has 1 aliphatic rings. The smallest absolute Gasteiger partial charge is 0.389 e. The van der Waals surface area contributed by atoms with Crippen molar-refractivity contribution < 1.29 is 46.7 Å². The fraction of sp³-hybridized carbons (Fsp3) is 0.674. The normalized spacial score (nSPS) is 17.5. The number of urea groups is 1. The van der Waals surface area contributed by atoms with Crippen LogP contribution < -0.4 is 21.3 Å². The summed E-state index contributed by atoms with van der Waals surface area (Å²) in [6, 6.07) is 3.87. The summed E-state index contributed by atoms with van der Waals surface area (Å²) in [5.74, 6) is -3.93. The fourth-order valence-electron chi connectivity index (χ4n) is 6.97. The van der Waals surface area contributed by atoms with Gasteiger partial charge in [-0.05, 0) is 47.5 Å². The van der Waals surface area contributed by atoms with Crippen molar-refractivity contribution in [2.24, 2.45) is 22.7 Å². The second kappa shape index (κ2) is 22.6. The number of ether oxygens (including phenoxy) is 1. The lowest BCUT2D eigenvalue weighted by molar-refractivity contribution is -0.150. The molecule has 1 aliphatic heterocycles. The van der Waals surface area contributed by atoms with Gasteiger partial charge in [-0.1, -0.05) is 124 Å². The van der Waals surface area contributed by atoms with Crippen molar-refractivity contribution >= 4 is 35.5 Å². The van der Waals surface area contributed by atoms with E-state index in [9.17, 15) is 41.9 Å². The molecule has 4 N–H and O–H groups in total. The van der Waals surface area contributed by atoms with Gasteiger partial charge in [-0.3, -0.25) is 19.2 Å². The first-order valence-corrected chi connectivity index (χ1v) is 20.4. The molecule has 58 heavy (non-hydrogen) atoms. The molecule has 0 bridgehead atoms. The first kappa shape index (κ1) is 49.7. The third kappa shape index (κ3) is 16.4. The first-order chi connectivity index (χ1) is 27.0. The van der Waals surface area contributed by atoms with Crippen molar-refractivity contribution in [3.63, 3.8) is 0 Å². The Bertz CT molecular complexity index is 1540. The lowest BCUT2D eigenvalue weighted by Gasteiger charge is -2.37. The van der Waals surface area contributed by atoms with Crippen LogP contribution in [-0.2, 0) is 35.3 Å². The van der Waals surface area contributed by atoms with Crippen molar-refractivity contribution in [3.8, 4) is 0 Å². The fourth-order valence-corrected chi connectivity index (χ4v) is 6.97. The van der Waals surface area contributed by atoms with E-state index in [4.69, 9.17) is 4.74 Å². The molecule has 5 amide bonds. The van der Waals surface area contributed by atoms with Crippen LogP contribution in [0.3, 0.4) is 0 Å². The van der Waals surface area contributed by atoms with Gasteiger partial charge < -0.3 is 30.9 Å². The molecule has 0 saturated carbocycles. The molecule has 1 aromatic rings. The average Bonchev–Trinajstić information content (AvgIpc) is 3.59. The van der Waals surface area contributed by atoms with Crippen LogP contribution in [0.15, 0.2) is 43.0 Å². The number of carbonyl (C=O) groups is 6. The summed E-state index contributed by atoms with van der Waals surface area (Å²) < 4.78 is 43.0. The number of benzene rings is 1. The molecule has 1 heterocycles. The SMILES string of the molecule is C=CCNC(=O)C(=O)C(CCCCCCCCC(F)(F)F)NC(=O)[C@@H]1[C@@H](C(C)C)CCN1C(=O)[C@@H](NC(=O)N[C@H](C(=O)OCc1ccccc1)C(C)(C)C)C(C)(C)C. The average molecular weight is 822 g/mol.